The predicted octanol–water partition coefficient (Wildman–Crippen LogP) is 2.23. The van der Waals surface area contributed by atoms with Crippen LogP contribution in [0.25, 0.3) is 0 Å². The predicted molar refractivity (Wildman–Crippen MR) is 84.9 cm³/mol. The number of rotatable bonds is 5. The molecule has 21 heavy (non-hydrogen) atoms. The first-order chi connectivity index (χ1) is 10.1. The molecule has 1 aromatic heterocycles. The molecule has 0 aliphatic rings. The highest BCUT2D eigenvalue weighted by Gasteiger charge is 2.09. The minimum absolute atomic E-state index is 0.279. The summed E-state index contributed by atoms with van der Waals surface area (Å²) in [5.74, 6) is 0.311. The van der Waals surface area contributed by atoms with Crippen molar-refractivity contribution in [3.8, 4) is 0 Å². The van der Waals surface area contributed by atoms with Gasteiger partial charge in [0, 0.05) is 32.0 Å². The Hall–Kier alpha value is -2.63. The molecular formula is C15H19N5O. The first-order valence-corrected chi connectivity index (χ1v) is 6.75. The van der Waals surface area contributed by atoms with Gasteiger partial charge in [0.25, 0.3) is 5.91 Å². The molecule has 0 fully saturated rings. The minimum atomic E-state index is -0.279. The van der Waals surface area contributed by atoms with E-state index in [0.29, 0.717) is 5.82 Å². The van der Waals surface area contributed by atoms with Crippen LogP contribution in [0.5, 0.6) is 0 Å². The van der Waals surface area contributed by atoms with Crippen molar-refractivity contribution in [1.29, 1.82) is 0 Å². The van der Waals surface area contributed by atoms with E-state index in [-0.39, 0.29) is 11.6 Å². The monoisotopic (exact) mass is 285 g/mol. The highest BCUT2D eigenvalue weighted by Crippen LogP contribution is 2.17. The molecule has 2 rings (SSSR count). The minimum Gasteiger partial charge on any atom is -0.378 e. The highest BCUT2D eigenvalue weighted by molar-refractivity contribution is 6.03. The van der Waals surface area contributed by atoms with Crippen molar-refractivity contribution in [1.82, 2.24) is 9.97 Å². The third-order valence-electron chi connectivity index (χ3n) is 2.85. The Morgan fingerprint density at radius 3 is 2.81 bits per heavy atom. The number of nitrogens with zero attached hydrogens (tertiary/aromatic N) is 3. The van der Waals surface area contributed by atoms with Crippen LogP contribution in [0.2, 0.25) is 0 Å². The maximum absolute atomic E-state index is 12.2. The molecule has 6 nitrogen and oxygen atoms in total. The second-order valence-electron chi connectivity index (χ2n) is 4.72. The number of nitrogens with one attached hydrogen (secondary N) is 2. The van der Waals surface area contributed by atoms with Crippen LogP contribution in [0.3, 0.4) is 0 Å². The van der Waals surface area contributed by atoms with Gasteiger partial charge in [-0.3, -0.25) is 9.78 Å². The molecule has 0 saturated carbocycles. The Morgan fingerprint density at radius 1 is 1.29 bits per heavy atom. The topological polar surface area (TPSA) is 70.2 Å². The lowest BCUT2D eigenvalue weighted by Crippen LogP contribution is -2.16. The molecule has 0 aliphatic heterocycles. The van der Waals surface area contributed by atoms with E-state index < -0.39 is 0 Å². The van der Waals surface area contributed by atoms with Crippen LogP contribution in [0.1, 0.15) is 17.4 Å². The molecular weight excluding hydrogens is 266 g/mol. The Bertz CT molecular complexity index is 627. The number of amides is 1. The van der Waals surface area contributed by atoms with Gasteiger partial charge in [0.15, 0.2) is 0 Å². The number of hydrogen-bond acceptors (Lipinski definition) is 5. The van der Waals surface area contributed by atoms with Crippen molar-refractivity contribution in [2.24, 2.45) is 0 Å². The van der Waals surface area contributed by atoms with Crippen LogP contribution in [0.4, 0.5) is 17.2 Å². The van der Waals surface area contributed by atoms with Gasteiger partial charge >= 0.3 is 0 Å². The summed E-state index contributed by atoms with van der Waals surface area (Å²) in [6.45, 7) is 2.69. The van der Waals surface area contributed by atoms with Gasteiger partial charge in [-0.25, -0.2) is 4.98 Å². The molecule has 2 N–H and O–H groups in total. The van der Waals surface area contributed by atoms with Gasteiger partial charge in [-0.05, 0) is 25.1 Å². The number of hydrogen-bond donors (Lipinski definition) is 2. The molecule has 1 heterocycles. The van der Waals surface area contributed by atoms with Crippen LogP contribution in [-0.2, 0) is 0 Å². The van der Waals surface area contributed by atoms with Crippen LogP contribution < -0.4 is 15.5 Å². The number of carbonyl (C=O) groups excluding carboxylic acids is 1. The summed E-state index contributed by atoms with van der Waals surface area (Å²) in [4.78, 5) is 22.4. The molecule has 0 aliphatic carbocycles. The highest BCUT2D eigenvalue weighted by atomic mass is 16.1. The zero-order valence-electron chi connectivity index (χ0n) is 12.4. The van der Waals surface area contributed by atoms with E-state index in [0.717, 1.165) is 17.9 Å². The third kappa shape index (κ3) is 3.92. The molecule has 2 aromatic rings. The Kier molecular flexibility index (Phi) is 4.71. The molecule has 0 spiro atoms. The fourth-order valence-corrected chi connectivity index (χ4v) is 1.80. The van der Waals surface area contributed by atoms with Crippen LogP contribution in [-0.4, -0.2) is 36.5 Å². The Morgan fingerprint density at radius 2 is 2.10 bits per heavy atom. The van der Waals surface area contributed by atoms with Gasteiger partial charge in [0.1, 0.15) is 11.5 Å². The van der Waals surface area contributed by atoms with E-state index in [1.165, 1.54) is 6.20 Å². The van der Waals surface area contributed by atoms with Crippen molar-refractivity contribution in [3.05, 3.63) is 42.4 Å². The summed E-state index contributed by atoms with van der Waals surface area (Å²) < 4.78 is 0. The molecule has 6 heteroatoms. The van der Waals surface area contributed by atoms with Crippen LogP contribution >= 0.6 is 0 Å². The second-order valence-corrected chi connectivity index (χ2v) is 4.72. The van der Waals surface area contributed by atoms with Gasteiger partial charge in [0.05, 0.1) is 12.4 Å². The Balaban J connectivity index is 2.14. The van der Waals surface area contributed by atoms with Crippen molar-refractivity contribution in [2.75, 3.05) is 36.2 Å². The molecule has 0 bridgehead atoms. The molecule has 0 radical (unpaired) electrons. The van der Waals surface area contributed by atoms with Crippen LogP contribution in [0, 0.1) is 0 Å². The lowest BCUT2D eigenvalue weighted by molar-refractivity contribution is 0.102. The summed E-state index contributed by atoms with van der Waals surface area (Å²) >= 11 is 0. The van der Waals surface area contributed by atoms with Crippen molar-refractivity contribution < 1.29 is 4.79 Å². The van der Waals surface area contributed by atoms with Crippen molar-refractivity contribution in [2.45, 2.75) is 6.92 Å². The number of carbonyl (C=O) groups is 1. The molecule has 1 amide bonds. The maximum atomic E-state index is 12.2. The quantitative estimate of drug-likeness (QED) is 0.881. The molecule has 0 atom stereocenters. The van der Waals surface area contributed by atoms with Crippen molar-refractivity contribution in [3.63, 3.8) is 0 Å². The van der Waals surface area contributed by atoms with Crippen molar-refractivity contribution >= 4 is 23.1 Å². The van der Waals surface area contributed by atoms with Gasteiger partial charge < -0.3 is 15.5 Å². The smallest absolute Gasteiger partial charge is 0.275 e. The number of anilines is 3. The lowest BCUT2D eigenvalue weighted by Gasteiger charge is -2.14. The van der Waals surface area contributed by atoms with Gasteiger partial charge in [-0.1, -0.05) is 6.07 Å². The summed E-state index contributed by atoms with van der Waals surface area (Å²) in [5.41, 5.74) is 2.02. The van der Waals surface area contributed by atoms with Gasteiger partial charge in [0.2, 0.25) is 0 Å². The van der Waals surface area contributed by atoms with E-state index in [1.54, 1.807) is 6.20 Å². The molecule has 110 valence electrons. The second kappa shape index (κ2) is 6.69. The average molecular weight is 285 g/mol. The SMILES string of the molecule is CCNc1cncc(C(=O)Nc2cccc(N(C)C)c2)n1. The molecule has 0 unspecified atom stereocenters. The molecule has 0 saturated heterocycles. The van der Waals surface area contributed by atoms with Gasteiger partial charge in [-0.2, -0.15) is 0 Å². The van der Waals surface area contributed by atoms with E-state index in [4.69, 9.17) is 0 Å². The van der Waals surface area contributed by atoms with E-state index in [9.17, 15) is 4.79 Å². The standard InChI is InChI=1S/C15H19N5O/c1-4-17-14-10-16-9-13(19-14)15(21)18-11-6-5-7-12(8-11)20(2)3/h5-10H,4H2,1-3H3,(H,17,19)(H,18,21). The largest absolute Gasteiger partial charge is 0.378 e. The first-order valence-electron chi connectivity index (χ1n) is 6.75. The zero-order valence-corrected chi connectivity index (χ0v) is 12.4. The van der Waals surface area contributed by atoms with Crippen LogP contribution in [0.15, 0.2) is 36.7 Å². The fourth-order valence-electron chi connectivity index (χ4n) is 1.80. The summed E-state index contributed by atoms with van der Waals surface area (Å²) in [6.07, 6.45) is 3.04. The van der Waals surface area contributed by atoms with E-state index in [2.05, 4.69) is 20.6 Å². The number of benzene rings is 1. The normalized spacial score (nSPS) is 10.0. The Labute approximate surface area is 124 Å². The lowest BCUT2D eigenvalue weighted by atomic mass is 10.2. The van der Waals surface area contributed by atoms with E-state index in [1.807, 2.05) is 50.2 Å². The molecule has 1 aromatic carbocycles. The summed E-state index contributed by atoms with van der Waals surface area (Å²) in [7, 11) is 3.90. The maximum Gasteiger partial charge on any atom is 0.275 e. The first kappa shape index (κ1) is 14.8. The zero-order chi connectivity index (χ0) is 15.2. The van der Waals surface area contributed by atoms with Gasteiger partial charge in [-0.15, -0.1) is 0 Å². The summed E-state index contributed by atoms with van der Waals surface area (Å²) in [5, 5.41) is 5.86. The third-order valence-corrected chi connectivity index (χ3v) is 2.85. The van der Waals surface area contributed by atoms with E-state index >= 15 is 0 Å². The summed E-state index contributed by atoms with van der Waals surface area (Å²) in [6, 6.07) is 7.61. The average Bonchev–Trinajstić information content (AvgIpc) is 2.48. The fraction of sp³-hybridized carbons (Fsp3) is 0.267. The number of aromatic nitrogens is 2.